The van der Waals surface area contributed by atoms with Gasteiger partial charge < -0.3 is 0 Å². The highest BCUT2D eigenvalue weighted by atomic mass is 14.7. The van der Waals surface area contributed by atoms with Gasteiger partial charge in [0, 0.05) is 29.1 Å². The van der Waals surface area contributed by atoms with Gasteiger partial charge in [-0.05, 0) is 101 Å². The molecule has 0 aliphatic heterocycles. The van der Waals surface area contributed by atoms with Gasteiger partial charge in [-0.3, -0.25) is 9.97 Å². The molecule has 0 fully saturated rings. The van der Waals surface area contributed by atoms with Crippen LogP contribution in [0.2, 0.25) is 0 Å². The molecule has 0 aliphatic rings. The zero-order valence-corrected chi connectivity index (χ0v) is 27.2. The van der Waals surface area contributed by atoms with Gasteiger partial charge >= 0.3 is 0 Å². The Bertz CT molecular complexity index is 2860. The third kappa shape index (κ3) is 4.50. The molecule has 0 N–H and O–H groups in total. The summed E-state index contributed by atoms with van der Waals surface area (Å²) in [5.41, 5.74) is 8.81. The summed E-state index contributed by atoms with van der Waals surface area (Å²) in [5.74, 6) is 0. The maximum Gasteiger partial charge on any atom is 0.0714 e. The highest BCUT2D eigenvalue weighted by molar-refractivity contribution is 6.26. The highest BCUT2D eigenvalue weighted by Crippen LogP contribution is 2.44. The van der Waals surface area contributed by atoms with Gasteiger partial charge in [0.1, 0.15) is 0 Å². The third-order valence-electron chi connectivity index (χ3n) is 10.1. The molecule has 2 aromatic heterocycles. The van der Waals surface area contributed by atoms with E-state index < -0.39 is 0 Å². The zero-order chi connectivity index (χ0) is 33.0. The van der Waals surface area contributed by atoms with Crippen LogP contribution in [0.3, 0.4) is 0 Å². The molecule has 2 heterocycles. The third-order valence-corrected chi connectivity index (χ3v) is 10.1. The maximum atomic E-state index is 5.19. The van der Waals surface area contributed by atoms with Crippen LogP contribution >= 0.6 is 0 Å². The lowest BCUT2D eigenvalue weighted by molar-refractivity contribution is 1.33. The van der Waals surface area contributed by atoms with Crippen molar-refractivity contribution in [2.75, 3.05) is 0 Å². The van der Waals surface area contributed by atoms with Crippen molar-refractivity contribution < 1.29 is 0 Å². The van der Waals surface area contributed by atoms with Crippen LogP contribution in [0.5, 0.6) is 0 Å². The molecule has 10 rings (SSSR count). The first-order chi connectivity index (χ1) is 24.8. The quantitative estimate of drug-likeness (QED) is 0.142. The van der Waals surface area contributed by atoms with E-state index in [0.717, 1.165) is 44.4 Å². The van der Waals surface area contributed by atoms with E-state index >= 15 is 0 Å². The molecule has 2 heteroatoms. The van der Waals surface area contributed by atoms with E-state index in [1.54, 1.807) is 0 Å². The van der Waals surface area contributed by atoms with Crippen molar-refractivity contribution in [2.24, 2.45) is 0 Å². The summed E-state index contributed by atoms with van der Waals surface area (Å²) < 4.78 is 0. The van der Waals surface area contributed by atoms with Gasteiger partial charge in [-0.2, -0.15) is 0 Å². The average molecular weight is 635 g/mol. The molecule has 50 heavy (non-hydrogen) atoms. The number of fused-ring (bicyclic) bond motifs is 8. The first-order valence-corrected chi connectivity index (χ1v) is 17.1. The summed E-state index contributed by atoms with van der Waals surface area (Å²) in [6.45, 7) is 0. The number of nitrogens with zero attached hydrogens (tertiary/aromatic N) is 2. The first-order valence-electron chi connectivity index (χ1n) is 17.1. The Kier molecular flexibility index (Phi) is 6.53. The van der Waals surface area contributed by atoms with Crippen molar-refractivity contribution in [1.82, 2.24) is 9.97 Å². The fourth-order valence-corrected chi connectivity index (χ4v) is 7.85. The SMILES string of the molecule is c1ccc(-c2ccc3c(-c4ccc(-c5ccc6c7ccccc7c7ccccc7c6c5)cn4)c4ccccc4c(-c4ccccn4)c3c2)cc1. The van der Waals surface area contributed by atoms with Crippen molar-refractivity contribution in [2.45, 2.75) is 0 Å². The standard InChI is InChI=1S/C48H30N2/c1-2-12-31(13-3-1)32-22-25-42-44(29-32)48(45-20-10-11-27-49-45)41-19-9-8-18-40(41)47(42)46-26-23-34(30-50-46)33-21-24-39-37-16-5-4-14-35(37)36-15-6-7-17-38(36)43(39)28-33/h1-30H. The van der Waals surface area contributed by atoms with E-state index in [-0.39, 0.29) is 0 Å². The second-order valence-electron chi connectivity index (χ2n) is 12.9. The Morgan fingerprint density at radius 3 is 1.34 bits per heavy atom. The first kappa shape index (κ1) is 28.4. The summed E-state index contributed by atoms with van der Waals surface area (Å²) >= 11 is 0. The normalized spacial score (nSPS) is 11.6. The van der Waals surface area contributed by atoms with Crippen LogP contribution < -0.4 is 0 Å². The van der Waals surface area contributed by atoms with Crippen LogP contribution in [-0.2, 0) is 0 Å². The number of hydrogen-bond acceptors (Lipinski definition) is 2. The fraction of sp³-hybridized carbons (Fsp3) is 0. The van der Waals surface area contributed by atoms with Gasteiger partial charge in [0.2, 0.25) is 0 Å². The van der Waals surface area contributed by atoms with Crippen LogP contribution in [-0.4, -0.2) is 9.97 Å². The Labute approximate surface area is 290 Å². The predicted octanol–water partition coefficient (Wildman–Crippen LogP) is 12.9. The van der Waals surface area contributed by atoms with Gasteiger partial charge in [-0.25, -0.2) is 0 Å². The number of benzene rings is 8. The number of pyridine rings is 2. The van der Waals surface area contributed by atoms with Crippen molar-refractivity contribution in [3.05, 3.63) is 182 Å². The summed E-state index contributed by atoms with van der Waals surface area (Å²) in [6.07, 6.45) is 3.91. The summed E-state index contributed by atoms with van der Waals surface area (Å²) in [7, 11) is 0. The molecule has 0 radical (unpaired) electrons. The molecule has 0 spiro atoms. The van der Waals surface area contributed by atoms with E-state index in [0.29, 0.717) is 0 Å². The fourth-order valence-electron chi connectivity index (χ4n) is 7.85. The number of hydrogen-bond donors (Lipinski definition) is 0. The summed E-state index contributed by atoms with van der Waals surface area (Å²) in [6, 6.07) is 60.9. The van der Waals surface area contributed by atoms with Crippen LogP contribution in [0.25, 0.3) is 98.6 Å². The maximum absolute atomic E-state index is 5.19. The molecule has 0 saturated heterocycles. The second-order valence-corrected chi connectivity index (χ2v) is 12.9. The topological polar surface area (TPSA) is 25.8 Å². The lowest BCUT2D eigenvalue weighted by Gasteiger charge is -2.18. The molecule has 0 atom stereocenters. The summed E-state index contributed by atoms with van der Waals surface area (Å²) in [5, 5.41) is 12.3. The van der Waals surface area contributed by atoms with Crippen molar-refractivity contribution in [3.8, 4) is 44.8 Å². The minimum absolute atomic E-state index is 0.951. The molecule has 10 aromatic rings. The Balaban J connectivity index is 1.17. The zero-order valence-electron chi connectivity index (χ0n) is 27.2. The highest BCUT2D eigenvalue weighted by Gasteiger charge is 2.19. The molecule has 232 valence electrons. The molecule has 0 bridgehead atoms. The van der Waals surface area contributed by atoms with Crippen LogP contribution in [0.15, 0.2) is 182 Å². The van der Waals surface area contributed by atoms with Gasteiger partial charge in [-0.1, -0.05) is 140 Å². The number of rotatable bonds is 4. The van der Waals surface area contributed by atoms with E-state index in [1.807, 2.05) is 18.5 Å². The lowest BCUT2D eigenvalue weighted by Crippen LogP contribution is -1.94. The average Bonchev–Trinajstić information content (AvgIpc) is 3.20. The predicted molar refractivity (Wildman–Crippen MR) is 211 cm³/mol. The lowest BCUT2D eigenvalue weighted by atomic mass is 9.87. The van der Waals surface area contributed by atoms with E-state index in [4.69, 9.17) is 9.97 Å². The molecule has 0 saturated carbocycles. The smallest absolute Gasteiger partial charge is 0.0714 e. The second kappa shape index (κ2) is 11.5. The minimum atomic E-state index is 0.951. The van der Waals surface area contributed by atoms with E-state index in [9.17, 15) is 0 Å². The van der Waals surface area contributed by atoms with Crippen LogP contribution in [0.4, 0.5) is 0 Å². The van der Waals surface area contributed by atoms with Gasteiger partial charge in [-0.15, -0.1) is 0 Å². The Hall–Kier alpha value is -6.64. The van der Waals surface area contributed by atoms with Crippen molar-refractivity contribution in [3.63, 3.8) is 0 Å². The molecule has 0 amide bonds. The molecule has 0 aliphatic carbocycles. The molecule has 8 aromatic carbocycles. The Morgan fingerprint density at radius 1 is 0.260 bits per heavy atom. The molecule has 2 nitrogen and oxygen atoms in total. The van der Waals surface area contributed by atoms with Crippen molar-refractivity contribution >= 4 is 53.9 Å². The monoisotopic (exact) mass is 634 g/mol. The number of aromatic nitrogens is 2. The van der Waals surface area contributed by atoms with Gasteiger partial charge in [0.25, 0.3) is 0 Å². The molecular formula is C48H30N2. The van der Waals surface area contributed by atoms with Gasteiger partial charge in [0.15, 0.2) is 0 Å². The molecule has 0 unspecified atom stereocenters. The van der Waals surface area contributed by atoms with Gasteiger partial charge in [0.05, 0.1) is 11.4 Å². The van der Waals surface area contributed by atoms with Crippen LogP contribution in [0, 0.1) is 0 Å². The summed E-state index contributed by atoms with van der Waals surface area (Å²) in [4.78, 5) is 10.0. The largest absolute Gasteiger partial charge is 0.256 e. The molecular weight excluding hydrogens is 605 g/mol. The van der Waals surface area contributed by atoms with Crippen LogP contribution in [0.1, 0.15) is 0 Å². The van der Waals surface area contributed by atoms with E-state index in [1.165, 1.54) is 54.2 Å². The minimum Gasteiger partial charge on any atom is -0.256 e. The van der Waals surface area contributed by atoms with Crippen molar-refractivity contribution in [1.29, 1.82) is 0 Å². The van der Waals surface area contributed by atoms with E-state index in [2.05, 4.69) is 164 Å². The Morgan fingerprint density at radius 2 is 0.720 bits per heavy atom.